The van der Waals surface area contributed by atoms with E-state index < -0.39 is 5.97 Å². The highest BCUT2D eigenvalue weighted by Gasteiger charge is 2.34. The van der Waals surface area contributed by atoms with E-state index in [4.69, 9.17) is 0 Å². The molecule has 1 fully saturated rings. The zero-order valence-corrected chi connectivity index (χ0v) is 11.6. The molecule has 0 saturated heterocycles. The zero-order valence-electron chi connectivity index (χ0n) is 11.6. The Morgan fingerprint density at radius 2 is 1.95 bits per heavy atom. The molecule has 0 unspecified atom stereocenters. The lowest BCUT2D eigenvalue weighted by Crippen LogP contribution is -2.06. The van der Waals surface area contributed by atoms with Gasteiger partial charge in [-0.15, -0.1) is 5.10 Å². The third-order valence-corrected chi connectivity index (χ3v) is 3.68. The van der Waals surface area contributed by atoms with Crippen LogP contribution in [0.3, 0.4) is 0 Å². The van der Waals surface area contributed by atoms with Crippen LogP contribution in [0, 0.1) is 0 Å². The highest BCUT2D eigenvalue weighted by molar-refractivity contribution is 5.87. The molecule has 1 N–H and O–H groups in total. The fourth-order valence-corrected chi connectivity index (χ4v) is 2.36. The van der Waals surface area contributed by atoms with Gasteiger partial charge in [0.2, 0.25) is 0 Å². The molecule has 3 rings (SSSR count). The van der Waals surface area contributed by atoms with Crippen molar-refractivity contribution in [3.05, 3.63) is 41.2 Å². The molecular formula is C15H17N3O2. The van der Waals surface area contributed by atoms with Crippen LogP contribution >= 0.6 is 0 Å². The van der Waals surface area contributed by atoms with Crippen molar-refractivity contribution < 1.29 is 9.90 Å². The van der Waals surface area contributed by atoms with Crippen LogP contribution < -0.4 is 0 Å². The second-order valence-corrected chi connectivity index (χ2v) is 5.56. The number of aromatic carboxylic acids is 1. The van der Waals surface area contributed by atoms with Crippen LogP contribution in [-0.2, 0) is 0 Å². The quantitative estimate of drug-likeness (QED) is 0.928. The molecule has 0 radical (unpaired) electrons. The molecular weight excluding hydrogens is 254 g/mol. The first kappa shape index (κ1) is 12.8. The molecule has 1 saturated carbocycles. The molecule has 1 heterocycles. The van der Waals surface area contributed by atoms with Crippen LogP contribution in [0.4, 0.5) is 0 Å². The lowest BCUT2D eigenvalue weighted by Gasteiger charge is -2.09. The normalized spacial score (nSPS) is 14.8. The first-order valence-electron chi connectivity index (χ1n) is 6.87. The molecule has 0 amide bonds. The molecule has 0 spiro atoms. The predicted molar refractivity (Wildman–Crippen MR) is 74.4 cm³/mol. The lowest BCUT2D eigenvalue weighted by molar-refractivity contribution is 0.0689. The fourth-order valence-electron chi connectivity index (χ4n) is 2.36. The minimum absolute atomic E-state index is 0.0837. The Kier molecular flexibility index (Phi) is 3.04. The third-order valence-electron chi connectivity index (χ3n) is 3.68. The summed E-state index contributed by atoms with van der Waals surface area (Å²) in [6.45, 7) is 4.28. The molecule has 2 aromatic rings. The minimum atomic E-state index is -1.00. The van der Waals surface area contributed by atoms with E-state index in [2.05, 4.69) is 36.3 Å². The number of rotatable bonds is 4. The number of nitrogens with zero attached hydrogens (tertiary/aromatic N) is 3. The van der Waals surface area contributed by atoms with Crippen LogP contribution in [0.5, 0.6) is 0 Å². The number of carboxylic acid groups (broad SMARTS) is 1. The average Bonchev–Trinajstić information content (AvgIpc) is 3.17. The van der Waals surface area contributed by atoms with Gasteiger partial charge in [-0.3, -0.25) is 0 Å². The molecule has 0 atom stereocenters. The highest BCUT2D eigenvalue weighted by atomic mass is 16.4. The van der Waals surface area contributed by atoms with Crippen LogP contribution in [-0.4, -0.2) is 26.1 Å². The summed E-state index contributed by atoms with van der Waals surface area (Å²) in [6, 6.07) is 8.06. The molecule has 1 aliphatic rings. The van der Waals surface area contributed by atoms with E-state index in [1.807, 2.05) is 12.1 Å². The number of benzene rings is 1. The van der Waals surface area contributed by atoms with E-state index in [1.165, 1.54) is 5.56 Å². The fraction of sp³-hybridized carbons (Fsp3) is 0.400. The topological polar surface area (TPSA) is 68.0 Å². The molecule has 5 heteroatoms. The number of aromatic nitrogens is 3. The summed E-state index contributed by atoms with van der Waals surface area (Å²) >= 11 is 0. The van der Waals surface area contributed by atoms with Crippen LogP contribution in [0.25, 0.3) is 5.69 Å². The van der Waals surface area contributed by atoms with Gasteiger partial charge in [-0.1, -0.05) is 31.2 Å². The van der Waals surface area contributed by atoms with Crippen LogP contribution in [0.1, 0.15) is 60.3 Å². The number of hydrogen-bond donors (Lipinski definition) is 1. The average molecular weight is 271 g/mol. The van der Waals surface area contributed by atoms with E-state index in [0.717, 1.165) is 24.2 Å². The van der Waals surface area contributed by atoms with Crippen molar-refractivity contribution in [1.29, 1.82) is 0 Å². The number of carbonyl (C=O) groups is 1. The zero-order chi connectivity index (χ0) is 14.3. The first-order valence-corrected chi connectivity index (χ1v) is 6.87. The lowest BCUT2D eigenvalue weighted by atomic mass is 10.0. The molecule has 1 aromatic heterocycles. The Bertz CT molecular complexity index is 640. The maximum Gasteiger partial charge on any atom is 0.358 e. The Morgan fingerprint density at radius 1 is 1.30 bits per heavy atom. The van der Waals surface area contributed by atoms with Gasteiger partial charge in [-0.05, 0) is 36.5 Å². The highest BCUT2D eigenvalue weighted by Crippen LogP contribution is 2.41. The standard InChI is InChI=1S/C15H17N3O2/c1-9(2)10-5-7-12(8-6-10)18-14(11-3-4-11)13(15(19)20)16-17-18/h5-9,11H,3-4H2,1-2H3,(H,19,20). The Morgan fingerprint density at radius 3 is 2.45 bits per heavy atom. The van der Waals surface area contributed by atoms with Gasteiger partial charge < -0.3 is 5.11 Å². The first-order chi connectivity index (χ1) is 9.58. The van der Waals surface area contributed by atoms with Gasteiger partial charge in [0, 0.05) is 5.92 Å². The van der Waals surface area contributed by atoms with Gasteiger partial charge in [-0.2, -0.15) is 0 Å². The number of carboxylic acids is 1. The van der Waals surface area contributed by atoms with Crippen molar-refractivity contribution in [1.82, 2.24) is 15.0 Å². The molecule has 1 aliphatic carbocycles. The van der Waals surface area contributed by atoms with Crippen molar-refractivity contribution in [2.75, 3.05) is 0 Å². The largest absolute Gasteiger partial charge is 0.476 e. The maximum absolute atomic E-state index is 11.2. The Hall–Kier alpha value is -2.17. The molecule has 0 bridgehead atoms. The van der Waals surface area contributed by atoms with Gasteiger partial charge in [0.25, 0.3) is 0 Å². The summed E-state index contributed by atoms with van der Waals surface area (Å²) in [5.74, 6) is -0.255. The Balaban J connectivity index is 2.03. The van der Waals surface area contributed by atoms with Crippen LogP contribution in [0.15, 0.2) is 24.3 Å². The van der Waals surface area contributed by atoms with Crippen molar-refractivity contribution in [3.63, 3.8) is 0 Å². The summed E-state index contributed by atoms with van der Waals surface area (Å²) in [5.41, 5.74) is 2.94. The van der Waals surface area contributed by atoms with E-state index >= 15 is 0 Å². The van der Waals surface area contributed by atoms with Gasteiger partial charge in [0.15, 0.2) is 5.69 Å². The summed E-state index contributed by atoms with van der Waals surface area (Å²) in [5, 5.41) is 17.1. The van der Waals surface area contributed by atoms with Crippen molar-refractivity contribution in [3.8, 4) is 5.69 Å². The second-order valence-electron chi connectivity index (χ2n) is 5.56. The summed E-state index contributed by atoms with van der Waals surface area (Å²) < 4.78 is 1.67. The maximum atomic E-state index is 11.2. The van der Waals surface area contributed by atoms with Gasteiger partial charge in [-0.25, -0.2) is 9.48 Å². The molecule has 1 aromatic carbocycles. The summed E-state index contributed by atoms with van der Waals surface area (Å²) in [4.78, 5) is 11.2. The van der Waals surface area contributed by atoms with Gasteiger partial charge in [0.05, 0.1) is 11.4 Å². The predicted octanol–water partition coefficient (Wildman–Crippen LogP) is 2.97. The minimum Gasteiger partial charge on any atom is -0.476 e. The smallest absolute Gasteiger partial charge is 0.358 e. The van der Waals surface area contributed by atoms with E-state index in [1.54, 1.807) is 4.68 Å². The van der Waals surface area contributed by atoms with Crippen molar-refractivity contribution in [2.45, 2.75) is 38.5 Å². The summed E-state index contributed by atoms with van der Waals surface area (Å²) in [6.07, 6.45) is 2.02. The van der Waals surface area contributed by atoms with E-state index in [9.17, 15) is 9.90 Å². The molecule has 5 nitrogen and oxygen atoms in total. The second kappa shape index (κ2) is 4.74. The van der Waals surface area contributed by atoms with Crippen molar-refractivity contribution >= 4 is 5.97 Å². The van der Waals surface area contributed by atoms with E-state index in [0.29, 0.717) is 5.92 Å². The molecule has 104 valence electrons. The van der Waals surface area contributed by atoms with Crippen LogP contribution in [0.2, 0.25) is 0 Å². The van der Waals surface area contributed by atoms with Gasteiger partial charge >= 0.3 is 5.97 Å². The van der Waals surface area contributed by atoms with Crippen molar-refractivity contribution in [2.24, 2.45) is 0 Å². The molecule has 0 aliphatic heterocycles. The summed E-state index contributed by atoms with van der Waals surface area (Å²) in [7, 11) is 0. The SMILES string of the molecule is CC(C)c1ccc(-n2nnc(C(=O)O)c2C2CC2)cc1. The third kappa shape index (κ3) is 2.19. The monoisotopic (exact) mass is 271 g/mol. The van der Waals surface area contributed by atoms with E-state index in [-0.39, 0.29) is 11.6 Å². The number of hydrogen-bond acceptors (Lipinski definition) is 3. The molecule has 20 heavy (non-hydrogen) atoms. The Labute approximate surface area is 117 Å². The van der Waals surface area contributed by atoms with Gasteiger partial charge in [0.1, 0.15) is 0 Å².